The number of Topliss-reactive ketones (excluding diaryl/α,β-unsaturated/α-hetero) is 2. The average molecular weight is 1050 g/mol. The molecule has 0 saturated carbocycles. The van der Waals surface area contributed by atoms with Crippen molar-refractivity contribution in [3.63, 3.8) is 0 Å². The van der Waals surface area contributed by atoms with Gasteiger partial charge < -0.3 is 29.9 Å². The fourth-order valence-corrected chi connectivity index (χ4v) is 10.0. The molecule has 5 aromatic carbocycles. The first kappa shape index (κ1) is 59.0. The van der Waals surface area contributed by atoms with Gasteiger partial charge in [-0.3, -0.25) is 28.8 Å². The Balaban J connectivity index is 1.24. The first-order valence-electron chi connectivity index (χ1n) is 27.2. The molecule has 1 aliphatic heterocycles. The van der Waals surface area contributed by atoms with Crippen LogP contribution in [0.1, 0.15) is 129 Å². The fraction of sp³-hybridized carbons (Fsp3) is 0.422. The molecule has 0 unspecified atom stereocenters. The van der Waals surface area contributed by atoms with E-state index in [1.807, 2.05) is 99.6 Å². The number of nitrogens with one attached hydrogen (secondary N) is 2. The quantitative estimate of drug-likeness (QED) is 0.0506. The lowest BCUT2D eigenvalue weighted by molar-refractivity contribution is -0.146. The Kier molecular flexibility index (Phi) is 21.6. The summed E-state index contributed by atoms with van der Waals surface area (Å²) < 4.78 is 11.1. The molecular weight excluding hydrogens is 969 g/mol. The molecule has 1 aliphatic rings. The molecule has 6 rings (SSSR count). The number of amides is 4. The highest BCUT2D eigenvalue weighted by atomic mass is 16.5. The monoisotopic (exact) mass is 1050 g/mol. The van der Waals surface area contributed by atoms with Crippen LogP contribution in [0.2, 0.25) is 0 Å². The van der Waals surface area contributed by atoms with Crippen LogP contribution in [0, 0.1) is 25.7 Å². The van der Waals surface area contributed by atoms with Crippen LogP contribution >= 0.6 is 0 Å². The van der Waals surface area contributed by atoms with E-state index in [0.29, 0.717) is 24.0 Å². The highest BCUT2D eigenvalue weighted by Gasteiger charge is 2.37. The van der Waals surface area contributed by atoms with Crippen LogP contribution in [-0.4, -0.2) is 96.9 Å². The summed E-state index contributed by atoms with van der Waals surface area (Å²) in [5.74, 6) is -5.08. The van der Waals surface area contributed by atoms with E-state index in [1.165, 1.54) is 22.5 Å². The fourth-order valence-electron chi connectivity index (χ4n) is 10.0. The average Bonchev–Trinajstić information content (AvgIpc) is 3.44. The molecule has 0 spiro atoms. The molecule has 13 nitrogen and oxygen atoms in total. The summed E-state index contributed by atoms with van der Waals surface area (Å²) in [6.45, 7) is 11.4. The number of aryl methyl sites for hydroxylation is 3. The summed E-state index contributed by atoms with van der Waals surface area (Å²) in [5.41, 5.74) is 9.45. The van der Waals surface area contributed by atoms with Gasteiger partial charge in [-0.2, -0.15) is 0 Å². The molecule has 0 aliphatic carbocycles. The minimum absolute atomic E-state index is 0.164. The molecule has 0 radical (unpaired) electrons. The molecule has 13 heteroatoms. The second kappa shape index (κ2) is 28.2. The normalized spacial score (nSPS) is 16.7. The van der Waals surface area contributed by atoms with Gasteiger partial charge in [-0.1, -0.05) is 144 Å². The van der Waals surface area contributed by atoms with Crippen molar-refractivity contribution in [2.45, 2.75) is 137 Å². The predicted octanol–water partition coefficient (Wildman–Crippen LogP) is 10.3. The molecule has 0 aromatic heterocycles. The van der Waals surface area contributed by atoms with Crippen LogP contribution < -0.4 is 10.6 Å². The van der Waals surface area contributed by atoms with Gasteiger partial charge in [0, 0.05) is 50.8 Å². The van der Waals surface area contributed by atoms with E-state index < -0.39 is 77.2 Å². The number of ether oxygens (including phenoxy) is 2. The summed E-state index contributed by atoms with van der Waals surface area (Å²) in [5, 5.41) is 5.66. The molecule has 2 N–H and O–H groups in total. The maximum atomic E-state index is 15.0. The van der Waals surface area contributed by atoms with E-state index in [4.69, 9.17) is 9.47 Å². The lowest BCUT2D eigenvalue weighted by atomic mass is 9.86. The molecule has 0 saturated heterocycles. The lowest BCUT2D eigenvalue weighted by Gasteiger charge is -2.32. The summed E-state index contributed by atoms with van der Waals surface area (Å²) in [6, 6.07) is 32.3. The van der Waals surface area contributed by atoms with E-state index >= 15 is 4.79 Å². The Labute approximate surface area is 455 Å². The molecule has 0 fully saturated rings. The van der Waals surface area contributed by atoms with Crippen molar-refractivity contribution in [1.29, 1.82) is 0 Å². The van der Waals surface area contributed by atoms with Crippen molar-refractivity contribution >= 4 is 41.2 Å². The molecule has 77 heavy (non-hydrogen) atoms. The number of benzene rings is 5. The van der Waals surface area contributed by atoms with Gasteiger partial charge in [0.25, 0.3) is 5.91 Å². The zero-order valence-electron chi connectivity index (χ0n) is 46.5. The van der Waals surface area contributed by atoms with Gasteiger partial charge >= 0.3 is 5.97 Å². The summed E-state index contributed by atoms with van der Waals surface area (Å²) in [6.07, 6.45) is 5.61. The topological polar surface area (TPSA) is 168 Å². The zero-order valence-corrected chi connectivity index (χ0v) is 46.5. The zero-order chi connectivity index (χ0) is 55.8. The van der Waals surface area contributed by atoms with Crippen LogP contribution in [0.4, 0.5) is 0 Å². The number of methoxy groups -OCH3 is 1. The molecule has 6 atom stereocenters. The second-order valence-electron chi connectivity index (χ2n) is 20.8. The molecule has 4 amide bonds. The minimum Gasteiger partial charge on any atom is -0.467 e. The van der Waals surface area contributed by atoms with Crippen molar-refractivity contribution < 1.29 is 43.0 Å². The van der Waals surface area contributed by atoms with E-state index in [9.17, 15) is 28.8 Å². The van der Waals surface area contributed by atoms with Gasteiger partial charge in [-0.25, -0.2) is 4.79 Å². The number of rotatable bonds is 22. The molecule has 1 heterocycles. The largest absolute Gasteiger partial charge is 0.467 e. The van der Waals surface area contributed by atoms with E-state index in [-0.39, 0.29) is 32.5 Å². The number of carbonyl (C=O) groups excluding carboxylic acids is 7. The van der Waals surface area contributed by atoms with Crippen LogP contribution in [0.25, 0.3) is 22.3 Å². The molecular formula is C64H78N4O9. The number of fused-ring (bicyclic) bond motifs is 5. The minimum atomic E-state index is -1.14. The Morgan fingerprint density at radius 2 is 1.39 bits per heavy atom. The number of nitrogens with zero attached hydrogens (tertiary/aromatic N) is 2. The van der Waals surface area contributed by atoms with E-state index in [2.05, 4.69) is 41.8 Å². The highest BCUT2D eigenvalue weighted by Crippen LogP contribution is 2.35. The number of ketones is 2. The van der Waals surface area contributed by atoms with Gasteiger partial charge in [0.05, 0.1) is 26.4 Å². The number of unbranched alkanes of at least 4 members (excludes halogenated alkanes) is 3. The van der Waals surface area contributed by atoms with Gasteiger partial charge in [-0.05, 0) is 114 Å². The van der Waals surface area contributed by atoms with Gasteiger partial charge in [0.2, 0.25) is 17.7 Å². The SMILES string of the molecule is CCCCC[C@H](CC(=O)[C@@H](C)NC(=O)[C@@H](COCc1ccccc1)N(C)C(=O)c1ccc(-c2ccc(CCCC)cc2)cc1)C(=O)N(C)[C@@H]1C(=O)C[C@@H](C)C(=O)N[C@H](C(=O)OC)Cc2ccc(C)c(c2)-c2cc1ccc2C. The van der Waals surface area contributed by atoms with Crippen LogP contribution in [0.5, 0.6) is 0 Å². The second-order valence-corrected chi connectivity index (χ2v) is 20.8. The van der Waals surface area contributed by atoms with Crippen molar-refractivity contribution in [2.24, 2.45) is 11.8 Å². The highest BCUT2D eigenvalue weighted by molar-refractivity contribution is 6.00. The third-order valence-corrected chi connectivity index (χ3v) is 14.9. The van der Waals surface area contributed by atoms with E-state index in [0.717, 1.165) is 76.6 Å². The Morgan fingerprint density at radius 1 is 0.753 bits per heavy atom. The van der Waals surface area contributed by atoms with Gasteiger partial charge in [0.15, 0.2) is 11.6 Å². The third-order valence-electron chi connectivity index (χ3n) is 14.9. The Bertz CT molecular complexity index is 2850. The lowest BCUT2D eigenvalue weighted by Crippen LogP contribution is -2.53. The molecule has 4 bridgehead atoms. The summed E-state index contributed by atoms with van der Waals surface area (Å²) in [4.78, 5) is 102. The van der Waals surface area contributed by atoms with Gasteiger partial charge in [0.1, 0.15) is 18.1 Å². The van der Waals surface area contributed by atoms with Crippen molar-refractivity contribution in [2.75, 3.05) is 27.8 Å². The number of esters is 1. The third kappa shape index (κ3) is 15.7. The number of hydrogen-bond acceptors (Lipinski definition) is 9. The predicted molar refractivity (Wildman–Crippen MR) is 301 cm³/mol. The van der Waals surface area contributed by atoms with E-state index in [1.54, 1.807) is 40.1 Å². The van der Waals surface area contributed by atoms with Crippen LogP contribution in [0.3, 0.4) is 0 Å². The van der Waals surface area contributed by atoms with Gasteiger partial charge in [-0.15, -0.1) is 0 Å². The van der Waals surface area contributed by atoms with Crippen molar-refractivity contribution in [1.82, 2.24) is 20.4 Å². The van der Waals surface area contributed by atoms with Crippen molar-refractivity contribution in [3.05, 3.63) is 154 Å². The maximum Gasteiger partial charge on any atom is 0.328 e. The summed E-state index contributed by atoms with van der Waals surface area (Å²) in [7, 11) is 4.37. The first-order chi connectivity index (χ1) is 36.9. The standard InChI is InChI=1S/C64H78N4O9/c1-10-12-15-21-52(63(74)68(8)59-51-27-23-42(4)54(37-51)53-35-47(24-22-41(53)3)36-55(64(75)76-9)66-60(71)43(5)34-58(59)70)38-57(69)44(6)65-61(72)56(40-77-39-46-19-16-14-17-20-46)67(7)62(73)50-32-30-49(31-33-50)48-28-25-45(26-29-48)18-13-11-2/h14,16-17,19-20,22-33,35,37,43-44,52,55-56,59H,10-13,15,18,21,34,36,38-40H2,1-9H3,(H,65,72)(H,66,71)/t43-,44-,52-,55+,56-,59+/m1/s1. The number of carbonyl (C=O) groups is 7. The molecule has 408 valence electrons. The Morgan fingerprint density at radius 3 is 2.04 bits per heavy atom. The number of likely N-dealkylation sites (N-methyl/N-ethyl adjacent to an activating group) is 2. The Hall–Kier alpha value is -7.25. The van der Waals surface area contributed by atoms with Crippen molar-refractivity contribution in [3.8, 4) is 22.3 Å². The van der Waals surface area contributed by atoms with Crippen LogP contribution in [-0.2, 0) is 57.7 Å². The van der Waals surface area contributed by atoms with Crippen LogP contribution in [0.15, 0.2) is 115 Å². The first-order valence-corrected chi connectivity index (χ1v) is 27.2. The summed E-state index contributed by atoms with van der Waals surface area (Å²) >= 11 is 0. The number of hydrogen-bond donors (Lipinski definition) is 2. The smallest absolute Gasteiger partial charge is 0.328 e. The maximum absolute atomic E-state index is 15.0. The molecule has 5 aromatic rings.